The van der Waals surface area contributed by atoms with Gasteiger partial charge >= 0.3 is 5.97 Å². The summed E-state index contributed by atoms with van der Waals surface area (Å²) < 4.78 is 5.93. The first-order chi connectivity index (χ1) is 10.8. The van der Waals surface area contributed by atoms with Gasteiger partial charge in [-0.1, -0.05) is 13.8 Å². The fourth-order valence-electron chi connectivity index (χ4n) is 6.69. The van der Waals surface area contributed by atoms with E-state index in [2.05, 4.69) is 13.8 Å². The summed E-state index contributed by atoms with van der Waals surface area (Å²) in [4.78, 5) is 24.0. The number of carbonyl (C=O) groups is 2. The van der Waals surface area contributed by atoms with Crippen LogP contribution in [0, 0.1) is 35.0 Å². The van der Waals surface area contributed by atoms with Crippen molar-refractivity contribution in [1.82, 2.24) is 0 Å². The largest absolute Gasteiger partial charge is 0.459 e. The summed E-state index contributed by atoms with van der Waals surface area (Å²) >= 11 is 0. The Hall–Kier alpha value is -0.860. The fourth-order valence-corrected chi connectivity index (χ4v) is 6.69. The smallest absolute Gasteiger partial charge is 0.309 e. The van der Waals surface area contributed by atoms with Gasteiger partial charge in [0.05, 0.1) is 5.92 Å². The van der Waals surface area contributed by atoms with Crippen LogP contribution < -0.4 is 0 Å². The van der Waals surface area contributed by atoms with Crippen molar-refractivity contribution >= 4 is 11.8 Å². The van der Waals surface area contributed by atoms with E-state index >= 15 is 0 Å². The van der Waals surface area contributed by atoms with Crippen LogP contribution in [0.25, 0.3) is 0 Å². The second kappa shape index (κ2) is 5.07. The average Bonchev–Trinajstić information content (AvgIpc) is 2.49. The van der Waals surface area contributed by atoms with Crippen molar-refractivity contribution in [2.75, 3.05) is 0 Å². The second-order valence-electron chi connectivity index (χ2n) is 9.31. The molecule has 3 heteroatoms. The summed E-state index contributed by atoms with van der Waals surface area (Å²) in [6, 6.07) is 0. The van der Waals surface area contributed by atoms with Gasteiger partial charge < -0.3 is 4.74 Å². The predicted octanol–water partition coefficient (Wildman–Crippen LogP) is 4.14. The summed E-state index contributed by atoms with van der Waals surface area (Å²) in [5.74, 6) is 3.04. The van der Waals surface area contributed by atoms with E-state index in [1.54, 1.807) is 0 Å². The normalized spacial score (nSPS) is 52.9. The number of ketones is 1. The van der Waals surface area contributed by atoms with E-state index < -0.39 is 0 Å². The van der Waals surface area contributed by atoms with Gasteiger partial charge in [0.25, 0.3) is 0 Å². The number of rotatable bonds is 0. The third kappa shape index (κ3) is 2.21. The zero-order chi connectivity index (χ0) is 16.4. The average molecular weight is 318 g/mol. The number of hydrogen-bond donors (Lipinski definition) is 0. The van der Waals surface area contributed by atoms with Crippen LogP contribution in [-0.4, -0.2) is 17.4 Å². The molecule has 7 atom stereocenters. The minimum absolute atomic E-state index is 0.00496. The quantitative estimate of drug-likeness (QED) is 0.630. The zero-order valence-corrected chi connectivity index (χ0v) is 14.8. The molecule has 0 amide bonds. The molecule has 3 saturated carbocycles. The molecule has 0 spiro atoms. The number of carbonyl (C=O) groups excluding carboxylic acids is 2. The topological polar surface area (TPSA) is 43.4 Å². The van der Waals surface area contributed by atoms with E-state index in [-0.39, 0.29) is 17.5 Å². The van der Waals surface area contributed by atoms with Crippen LogP contribution in [0.2, 0.25) is 0 Å². The van der Waals surface area contributed by atoms with Gasteiger partial charge in [-0.25, -0.2) is 0 Å². The van der Waals surface area contributed by atoms with Gasteiger partial charge in [-0.05, 0) is 68.6 Å². The predicted molar refractivity (Wildman–Crippen MR) is 87.7 cm³/mol. The molecule has 4 fully saturated rings. The molecular formula is C20H30O3. The lowest BCUT2D eigenvalue weighted by atomic mass is 9.45. The Morgan fingerprint density at radius 3 is 2.61 bits per heavy atom. The lowest BCUT2D eigenvalue weighted by molar-refractivity contribution is -0.209. The van der Waals surface area contributed by atoms with Crippen LogP contribution >= 0.6 is 0 Å². The Morgan fingerprint density at radius 1 is 1.04 bits per heavy atom. The van der Waals surface area contributed by atoms with E-state index in [0.29, 0.717) is 29.0 Å². The minimum atomic E-state index is -0.238. The Bertz CT molecular complexity index is 541. The van der Waals surface area contributed by atoms with E-state index in [4.69, 9.17) is 4.74 Å². The standard InChI is InChI=1S/C20H30O3/c1-12-10-17-15-5-4-13-11-14(21)6-8-19(13,2)16(15)7-9-20(17,3)23-18(12)22/h12-13,15-17H,4-11H2,1-3H3/t12-,13-,15-,16-,17+,19+,20+/m1/s1. The molecule has 23 heavy (non-hydrogen) atoms. The Labute approximate surface area is 139 Å². The monoisotopic (exact) mass is 318 g/mol. The highest BCUT2D eigenvalue weighted by Gasteiger charge is 2.59. The molecule has 1 heterocycles. The summed E-state index contributed by atoms with van der Waals surface area (Å²) in [6.45, 7) is 6.66. The fraction of sp³-hybridized carbons (Fsp3) is 0.900. The molecule has 4 aliphatic rings. The van der Waals surface area contributed by atoms with Gasteiger partial charge in [-0.3, -0.25) is 9.59 Å². The molecule has 0 N–H and O–H groups in total. The number of fused-ring (bicyclic) bond motifs is 5. The first-order valence-electron chi connectivity index (χ1n) is 9.58. The summed E-state index contributed by atoms with van der Waals surface area (Å²) in [7, 11) is 0. The van der Waals surface area contributed by atoms with Crippen molar-refractivity contribution in [1.29, 1.82) is 0 Å². The SMILES string of the molecule is C[C@@H]1C[C@H]2[C@@H]3CC[C@@H]4CC(=O)CC[C@]4(C)[C@@H]3CC[C@]2(C)OC1=O. The maximum absolute atomic E-state index is 12.1. The molecule has 0 bridgehead atoms. The molecule has 0 unspecified atom stereocenters. The van der Waals surface area contributed by atoms with Crippen LogP contribution in [0.3, 0.4) is 0 Å². The second-order valence-corrected chi connectivity index (χ2v) is 9.31. The van der Waals surface area contributed by atoms with Crippen molar-refractivity contribution in [2.24, 2.45) is 35.0 Å². The van der Waals surface area contributed by atoms with Crippen LogP contribution in [0.4, 0.5) is 0 Å². The first-order valence-corrected chi connectivity index (χ1v) is 9.58. The van der Waals surface area contributed by atoms with E-state index in [9.17, 15) is 9.59 Å². The molecule has 3 aliphatic carbocycles. The zero-order valence-electron chi connectivity index (χ0n) is 14.8. The van der Waals surface area contributed by atoms with Crippen LogP contribution in [-0.2, 0) is 14.3 Å². The number of Topliss-reactive ketones (excluding diaryl/α,β-unsaturated/α-hetero) is 1. The molecule has 1 saturated heterocycles. The van der Waals surface area contributed by atoms with Crippen molar-refractivity contribution in [3.63, 3.8) is 0 Å². The van der Waals surface area contributed by atoms with Crippen molar-refractivity contribution in [2.45, 2.75) is 77.7 Å². The highest BCUT2D eigenvalue weighted by molar-refractivity contribution is 5.79. The molecule has 0 radical (unpaired) electrons. The minimum Gasteiger partial charge on any atom is -0.459 e. The lowest BCUT2D eigenvalue weighted by Gasteiger charge is -2.61. The lowest BCUT2D eigenvalue weighted by Crippen LogP contribution is -2.59. The molecular weight excluding hydrogens is 288 g/mol. The molecule has 128 valence electrons. The third-order valence-corrected chi connectivity index (χ3v) is 8.16. The van der Waals surface area contributed by atoms with Crippen molar-refractivity contribution in [3.8, 4) is 0 Å². The van der Waals surface area contributed by atoms with E-state index in [0.717, 1.165) is 38.0 Å². The summed E-state index contributed by atoms with van der Waals surface area (Å²) in [6.07, 6.45) is 8.26. The van der Waals surface area contributed by atoms with Crippen LogP contribution in [0.5, 0.6) is 0 Å². The van der Waals surface area contributed by atoms with Crippen LogP contribution in [0.15, 0.2) is 0 Å². The highest BCUT2D eigenvalue weighted by Crippen LogP contribution is 2.63. The van der Waals surface area contributed by atoms with Gasteiger partial charge in [0.15, 0.2) is 0 Å². The van der Waals surface area contributed by atoms with Gasteiger partial charge in [0.1, 0.15) is 11.4 Å². The molecule has 0 aromatic carbocycles. The maximum atomic E-state index is 12.1. The van der Waals surface area contributed by atoms with E-state index in [1.165, 1.54) is 19.3 Å². The molecule has 0 aromatic heterocycles. The molecule has 1 aliphatic heterocycles. The van der Waals surface area contributed by atoms with Crippen molar-refractivity contribution < 1.29 is 14.3 Å². The maximum Gasteiger partial charge on any atom is 0.309 e. The highest BCUT2D eigenvalue weighted by atomic mass is 16.6. The Balaban J connectivity index is 1.63. The van der Waals surface area contributed by atoms with Gasteiger partial charge in [0, 0.05) is 18.8 Å². The van der Waals surface area contributed by atoms with E-state index in [1.807, 2.05) is 6.92 Å². The van der Waals surface area contributed by atoms with Gasteiger partial charge in [-0.2, -0.15) is 0 Å². The van der Waals surface area contributed by atoms with Crippen molar-refractivity contribution in [3.05, 3.63) is 0 Å². The van der Waals surface area contributed by atoms with Gasteiger partial charge in [-0.15, -0.1) is 0 Å². The number of esters is 1. The van der Waals surface area contributed by atoms with Crippen LogP contribution in [0.1, 0.15) is 72.1 Å². The first kappa shape index (κ1) is 15.7. The Morgan fingerprint density at radius 2 is 1.83 bits per heavy atom. The Kier molecular flexibility index (Phi) is 3.45. The third-order valence-electron chi connectivity index (χ3n) is 8.16. The van der Waals surface area contributed by atoms with Gasteiger partial charge in [0.2, 0.25) is 0 Å². The molecule has 0 aromatic rings. The molecule has 4 rings (SSSR count). The number of ether oxygens (including phenoxy) is 1. The number of hydrogen-bond acceptors (Lipinski definition) is 3. The summed E-state index contributed by atoms with van der Waals surface area (Å²) in [5, 5.41) is 0. The summed E-state index contributed by atoms with van der Waals surface area (Å²) in [5.41, 5.74) is 0.0985. The molecule has 3 nitrogen and oxygen atoms in total.